The van der Waals surface area contributed by atoms with Gasteiger partial charge in [-0.3, -0.25) is 14.5 Å². The minimum absolute atomic E-state index is 0.0633. The number of rotatable bonds is 7. The van der Waals surface area contributed by atoms with Gasteiger partial charge >= 0.3 is 6.09 Å². The lowest BCUT2D eigenvalue weighted by molar-refractivity contribution is -0.120. The fourth-order valence-corrected chi connectivity index (χ4v) is 4.57. The Kier molecular flexibility index (Phi) is 7.77. The summed E-state index contributed by atoms with van der Waals surface area (Å²) < 4.78 is 5.42. The van der Waals surface area contributed by atoms with E-state index in [1.807, 2.05) is 61.7 Å². The second-order valence-corrected chi connectivity index (χ2v) is 9.48. The van der Waals surface area contributed by atoms with Gasteiger partial charge in [-0.15, -0.1) is 11.3 Å². The van der Waals surface area contributed by atoms with Crippen LogP contribution in [0.2, 0.25) is 0 Å². The number of nitrogens with zero attached hydrogens (tertiary/aromatic N) is 2. The number of anilines is 1. The minimum atomic E-state index is -0.593. The maximum atomic E-state index is 12.9. The van der Waals surface area contributed by atoms with Crippen LogP contribution in [0.4, 0.5) is 9.93 Å². The molecule has 1 saturated heterocycles. The molecule has 4 rings (SSSR count). The van der Waals surface area contributed by atoms with Crippen LogP contribution < -0.4 is 10.6 Å². The number of ether oxygens (including phenoxy) is 1. The molecule has 0 radical (unpaired) electrons. The highest BCUT2D eigenvalue weighted by molar-refractivity contribution is 7.14. The zero-order chi connectivity index (χ0) is 24.8. The molecule has 3 aromatic rings. The highest BCUT2D eigenvalue weighted by atomic mass is 32.1. The van der Waals surface area contributed by atoms with Gasteiger partial charge < -0.3 is 15.4 Å². The predicted octanol–water partition coefficient (Wildman–Crippen LogP) is 4.69. The number of carbonyl (C=O) groups is 3. The van der Waals surface area contributed by atoms with E-state index in [0.29, 0.717) is 29.4 Å². The summed E-state index contributed by atoms with van der Waals surface area (Å²) in [5, 5.41) is 8.00. The van der Waals surface area contributed by atoms with Crippen molar-refractivity contribution in [3.8, 4) is 11.3 Å². The Morgan fingerprint density at radius 1 is 1.11 bits per heavy atom. The summed E-state index contributed by atoms with van der Waals surface area (Å²) in [6.45, 7) is 4.47. The molecule has 0 aliphatic carbocycles. The SMILES string of the molecule is CC(C)NC(=O)c1ccc(-c2csc(NC(=O)C3CCCN3C(=O)OCc3ccccc3)n2)cc1. The van der Waals surface area contributed by atoms with Crippen LogP contribution in [0.1, 0.15) is 42.6 Å². The summed E-state index contributed by atoms with van der Waals surface area (Å²) in [7, 11) is 0. The Bertz CT molecular complexity index is 1180. The summed E-state index contributed by atoms with van der Waals surface area (Å²) in [6, 6.07) is 16.1. The van der Waals surface area contributed by atoms with Crippen molar-refractivity contribution in [2.75, 3.05) is 11.9 Å². The number of benzene rings is 2. The van der Waals surface area contributed by atoms with Gasteiger partial charge in [-0.05, 0) is 44.4 Å². The Balaban J connectivity index is 1.35. The van der Waals surface area contributed by atoms with E-state index >= 15 is 0 Å². The summed E-state index contributed by atoms with van der Waals surface area (Å²) in [5.41, 5.74) is 3.01. The second-order valence-electron chi connectivity index (χ2n) is 8.62. The van der Waals surface area contributed by atoms with Crippen LogP contribution in [-0.2, 0) is 16.1 Å². The number of amides is 3. The second kappa shape index (κ2) is 11.1. The zero-order valence-electron chi connectivity index (χ0n) is 19.7. The van der Waals surface area contributed by atoms with E-state index in [1.165, 1.54) is 16.2 Å². The molecule has 2 N–H and O–H groups in total. The summed E-state index contributed by atoms with van der Waals surface area (Å²) in [4.78, 5) is 43.6. The molecule has 0 bridgehead atoms. The smallest absolute Gasteiger partial charge is 0.410 e. The minimum Gasteiger partial charge on any atom is -0.445 e. The van der Waals surface area contributed by atoms with Gasteiger partial charge in [0, 0.05) is 29.1 Å². The van der Waals surface area contributed by atoms with Crippen molar-refractivity contribution in [3.05, 3.63) is 71.1 Å². The van der Waals surface area contributed by atoms with Crippen molar-refractivity contribution in [2.24, 2.45) is 0 Å². The average Bonchev–Trinajstić information content (AvgIpc) is 3.53. The first-order chi connectivity index (χ1) is 16.9. The predicted molar refractivity (Wildman–Crippen MR) is 135 cm³/mol. The molecule has 1 aromatic heterocycles. The average molecular weight is 493 g/mol. The van der Waals surface area contributed by atoms with Crippen LogP contribution >= 0.6 is 11.3 Å². The lowest BCUT2D eigenvalue weighted by Gasteiger charge is -2.22. The maximum Gasteiger partial charge on any atom is 0.410 e. The van der Waals surface area contributed by atoms with Crippen LogP contribution in [0.5, 0.6) is 0 Å². The van der Waals surface area contributed by atoms with Gasteiger partial charge in [0.15, 0.2) is 5.13 Å². The van der Waals surface area contributed by atoms with Crippen LogP contribution in [0.3, 0.4) is 0 Å². The first kappa shape index (κ1) is 24.4. The van der Waals surface area contributed by atoms with Gasteiger partial charge in [0.1, 0.15) is 12.6 Å². The van der Waals surface area contributed by atoms with Gasteiger partial charge in [0.2, 0.25) is 5.91 Å². The highest BCUT2D eigenvalue weighted by Crippen LogP contribution is 2.27. The monoisotopic (exact) mass is 492 g/mol. The molecule has 182 valence electrons. The van der Waals surface area contributed by atoms with Crippen LogP contribution in [0, 0.1) is 0 Å². The standard InChI is InChI=1S/C26H28N4O4S/c1-17(2)27-23(31)20-12-10-19(11-13-20)21-16-35-25(28-21)29-24(32)22-9-6-14-30(22)26(33)34-15-18-7-4-3-5-8-18/h3-5,7-8,10-13,16-17,22H,6,9,14-15H2,1-2H3,(H,27,31)(H,28,29,32). The Morgan fingerprint density at radius 2 is 1.86 bits per heavy atom. The molecule has 9 heteroatoms. The fourth-order valence-electron chi connectivity index (χ4n) is 3.85. The number of nitrogens with one attached hydrogen (secondary N) is 2. The number of hydrogen-bond donors (Lipinski definition) is 2. The van der Waals surface area contributed by atoms with Crippen molar-refractivity contribution in [3.63, 3.8) is 0 Å². The lowest BCUT2D eigenvalue weighted by Crippen LogP contribution is -2.43. The Hall–Kier alpha value is -3.72. The number of hydrogen-bond acceptors (Lipinski definition) is 6. The van der Waals surface area contributed by atoms with E-state index in [-0.39, 0.29) is 24.5 Å². The third-order valence-corrected chi connectivity index (χ3v) is 6.35. The molecule has 1 unspecified atom stereocenters. The van der Waals surface area contributed by atoms with Crippen molar-refractivity contribution in [1.82, 2.24) is 15.2 Å². The highest BCUT2D eigenvalue weighted by Gasteiger charge is 2.35. The molecular formula is C26H28N4O4S. The van der Waals surface area contributed by atoms with Crippen LogP contribution in [0.15, 0.2) is 60.0 Å². The molecule has 0 saturated carbocycles. The van der Waals surface area contributed by atoms with E-state index in [4.69, 9.17) is 4.74 Å². The molecule has 2 aromatic carbocycles. The Labute approximate surface area is 208 Å². The molecule has 2 heterocycles. The van der Waals surface area contributed by atoms with Crippen LogP contribution in [0.25, 0.3) is 11.3 Å². The van der Waals surface area contributed by atoms with Gasteiger partial charge in [0.25, 0.3) is 5.91 Å². The van der Waals surface area contributed by atoms with E-state index in [2.05, 4.69) is 15.6 Å². The van der Waals surface area contributed by atoms with Gasteiger partial charge in [-0.2, -0.15) is 0 Å². The number of thiazole rings is 1. The Morgan fingerprint density at radius 3 is 2.57 bits per heavy atom. The van der Waals surface area contributed by atoms with Crippen LogP contribution in [-0.4, -0.2) is 46.4 Å². The molecule has 3 amide bonds. The quantitative estimate of drug-likeness (QED) is 0.498. The van der Waals surface area contributed by atoms with E-state index in [9.17, 15) is 14.4 Å². The largest absolute Gasteiger partial charge is 0.445 e. The number of carbonyl (C=O) groups excluding carboxylic acids is 3. The topological polar surface area (TPSA) is 101 Å². The number of likely N-dealkylation sites (tertiary alicyclic amines) is 1. The van der Waals surface area contributed by atoms with Crippen molar-refractivity contribution >= 4 is 34.4 Å². The first-order valence-electron chi connectivity index (χ1n) is 11.6. The fraction of sp³-hybridized carbons (Fsp3) is 0.308. The molecule has 1 aliphatic rings. The van der Waals surface area contributed by atoms with Crippen molar-refractivity contribution in [1.29, 1.82) is 0 Å². The van der Waals surface area contributed by atoms with Gasteiger partial charge in [0.05, 0.1) is 5.69 Å². The summed E-state index contributed by atoms with van der Waals surface area (Å²) in [6.07, 6.45) is 0.816. The van der Waals surface area contributed by atoms with Crippen molar-refractivity contribution < 1.29 is 19.1 Å². The molecule has 8 nitrogen and oxygen atoms in total. The van der Waals surface area contributed by atoms with E-state index in [1.54, 1.807) is 12.1 Å². The third kappa shape index (κ3) is 6.24. The van der Waals surface area contributed by atoms with E-state index < -0.39 is 12.1 Å². The summed E-state index contributed by atoms with van der Waals surface area (Å²) >= 11 is 1.31. The van der Waals surface area contributed by atoms with Crippen molar-refractivity contribution in [2.45, 2.75) is 45.4 Å². The normalized spacial score (nSPS) is 15.2. The first-order valence-corrected chi connectivity index (χ1v) is 12.4. The molecule has 1 fully saturated rings. The van der Waals surface area contributed by atoms with E-state index in [0.717, 1.165) is 17.5 Å². The maximum absolute atomic E-state index is 12.9. The zero-order valence-corrected chi connectivity index (χ0v) is 20.5. The van der Waals surface area contributed by atoms with Gasteiger partial charge in [-0.1, -0.05) is 42.5 Å². The number of aromatic nitrogens is 1. The molecule has 1 aliphatic heterocycles. The lowest BCUT2D eigenvalue weighted by atomic mass is 10.1. The molecule has 35 heavy (non-hydrogen) atoms. The molecule has 0 spiro atoms. The summed E-state index contributed by atoms with van der Waals surface area (Å²) in [5.74, 6) is -0.401. The molecular weight excluding hydrogens is 464 g/mol. The molecule has 1 atom stereocenters. The third-order valence-electron chi connectivity index (χ3n) is 5.59. The van der Waals surface area contributed by atoms with Gasteiger partial charge in [-0.25, -0.2) is 9.78 Å².